The van der Waals surface area contributed by atoms with E-state index in [0.29, 0.717) is 6.04 Å². The molecule has 1 saturated heterocycles. The number of nitrogens with zero attached hydrogens (tertiary/aromatic N) is 6. The van der Waals surface area contributed by atoms with Crippen LogP contribution < -0.4 is 4.90 Å². The predicted octanol–water partition coefficient (Wildman–Crippen LogP) is 2.34. The summed E-state index contributed by atoms with van der Waals surface area (Å²) in [5.74, 6) is 1.07. The van der Waals surface area contributed by atoms with E-state index in [4.69, 9.17) is 0 Å². The first-order valence-electron chi connectivity index (χ1n) is 7.19. The largest absolute Gasteiger partial charge is 0.350 e. The number of fused-ring (bicyclic) bond motifs is 1. The van der Waals surface area contributed by atoms with Crippen molar-refractivity contribution in [3.8, 4) is 0 Å². The number of aromatic nitrogens is 5. The Hall–Kier alpha value is -2.02. The number of thiophene rings is 1. The number of hydrogen-bond acceptors (Lipinski definition) is 6. The zero-order valence-electron chi connectivity index (χ0n) is 11.6. The fraction of sp³-hybridized carbons (Fsp3) is 0.429. The number of anilines is 1. The van der Waals surface area contributed by atoms with Crippen LogP contribution in [-0.4, -0.2) is 37.3 Å². The maximum Gasteiger partial charge on any atom is 0.150 e. The molecular weight excluding hydrogens is 284 g/mol. The molecule has 3 aromatic heterocycles. The molecule has 6 nitrogen and oxygen atoms in total. The topological polar surface area (TPSA) is 59.7 Å². The smallest absolute Gasteiger partial charge is 0.150 e. The lowest BCUT2D eigenvalue weighted by Gasteiger charge is -2.36. The molecule has 1 unspecified atom stereocenters. The van der Waals surface area contributed by atoms with Crippen molar-refractivity contribution in [1.29, 1.82) is 0 Å². The molecule has 0 aromatic carbocycles. The second kappa shape index (κ2) is 5.40. The lowest BCUT2D eigenvalue weighted by molar-refractivity contribution is 0.397. The Morgan fingerprint density at radius 2 is 2.24 bits per heavy atom. The van der Waals surface area contributed by atoms with E-state index in [1.54, 1.807) is 30.3 Å². The van der Waals surface area contributed by atoms with Crippen LogP contribution in [-0.2, 0) is 6.54 Å². The highest BCUT2D eigenvalue weighted by Gasteiger charge is 2.26. The molecule has 0 bridgehead atoms. The monoisotopic (exact) mass is 300 g/mol. The van der Waals surface area contributed by atoms with Gasteiger partial charge in [0.05, 0.1) is 22.8 Å². The number of rotatable bonds is 3. The minimum atomic E-state index is 0.417. The van der Waals surface area contributed by atoms with Crippen LogP contribution in [0.4, 0.5) is 5.82 Å². The van der Waals surface area contributed by atoms with Crippen molar-refractivity contribution >= 4 is 27.4 Å². The van der Waals surface area contributed by atoms with Gasteiger partial charge in [0.25, 0.3) is 0 Å². The fourth-order valence-corrected chi connectivity index (χ4v) is 3.84. The summed E-state index contributed by atoms with van der Waals surface area (Å²) in [6.45, 7) is 1.90. The zero-order chi connectivity index (χ0) is 14.1. The van der Waals surface area contributed by atoms with E-state index in [9.17, 15) is 0 Å². The van der Waals surface area contributed by atoms with Gasteiger partial charge in [-0.05, 0) is 30.7 Å². The summed E-state index contributed by atoms with van der Waals surface area (Å²) in [5.41, 5.74) is 1.04. The van der Waals surface area contributed by atoms with Crippen molar-refractivity contribution < 1.29 is 0 Å². The molecule has 0 amide bonds. The molecule has 0 saturated carbocycles. The average molecular weight is 300 g/mol. The quantitative estimate of drug-likeness (QED) is 0.743. The van der Waals surface area contributed by atoms with Crippen molar-refractivity contribution in [3.05, 3.63) is 30.4 Å². The third-order valence-electron chi connectivity index (χ3n) is 3.99. The third kappa shape index (κ3) is 2.37. The van der Waals surface area contributed by atoms with Gasteiger partial charge in [-0.15, -0.1) is 11.3 Å². The highest BCUT2D eigenvalue weighted by atomic mass is 32.1. The molecule has 0 radical (unpaired) electrons. The van der Waals surface area contributed by atoms with Crippen molar-refractivity contribution in [2.75, 3.05) is 11.4 Å². The molecule has 4 heterocycles. The van der Waals surface area contributed by atoms with Crippen LogP contribution in [0.25, 0.3) is 10.2 Å². The van der Waals surface area contributed by atoms with Gasteiger partial charge < -0.3 is 4.90 Å². The van der Waals surface area contributed by atoms with Crippen molar-refractivity contribution in [3.63, 3.8) is 0 Å². The third-order valence-corrected chi connectivity index (χ3v) is 4.89. The molecule has 0 aliphatic carbocycles. The van der Waals surface area contributed by atoms with Gasteiger partial charge in [-0.3, -0.25) is 4.68 Å². The zero-order valence-corrected chi connectivity index (χ0v) is 12.4. The van der Waals surface area contributed by atoms with E-state index in [0.717, 1.165) is 30.8 Å². The lowest BCUT2D eigenvalue weighted by atomic mass is 10.0. The standard InChI is InChI=1S/C14H16N6S/c1-2-5-20(11(3-1)7-19-10-15-8-18-19)14-13-12(4-6-21-13)16-9-17-14/h4,6,8-11H,1-3,5,7H2. The second-order valence-electron chi connectivity index (χ2n) is 5.29. The van der Waals surface area contributed by atoms with E-state index in [2.05, 4.69) is 36.4 Å². The highest BCUT2D eigenvalue weighted by molar-refractivity contribution is 7.17. The van der Waals surface area contributed by atoms with Gasteiger partial charge in [-0.1, -0.05) is 0 Å². The van der Waals surface area contributed by atoms with E-state index >= 15 is 0 Å². The summed E-state index contributed by atoms with van der Waals surface area (Å²) >= 11 is 1.72. The normalized spacial score (nSPS) is 19.2. The van der Waals surface area contributed by atoms with Crippen molar-refractivity contribution in [2.45, 2.75) is 31.8 Å². The Morgan fingerprint density at radius 3 is 3.14 bits per heavy atom. The molecule has 1 aliphatic rings. The first kappa shape index (κ1) is 12.7. The summed E-state index contributed by atoms with van der Waals surface area (Å²) in [5, 5.41) is 6.32. The fourth-order valence-electron chi connectivity index (χ4n) is 2.99. The summed E-state index contributed by atoms with van der Waals surface area (Å²) in [6, 6.07) is 2.47. The van der Waals surface area contributed by atoms with Crippen molar-refractivity contribution in [1.82, 2.24) is 24.7 Å². The van der Waals surface area contributed by atoms with E-state index < -0.39 is 0 Å². The maximum atomic E-state index is 4.56. The molecule has 0 spiro atoms. The molecule has 1 fully saturated rings. The highest BCUT2D eigenvalue weighted by Crippen LogP contribution is 2.32. The van der Waals surface area contributed by atoms with Gasteiger partial charge in [-0.2, -0.15) is 5.10 Å². The Labute approximate surface area is 126 Å². The molecule has 7 heteroatoms. The summed E-state index contributed by atoms with van der Waals surface area (Å²) in [6.07, 6.45) is 8.68. The molecular formula is C14H16N6S. The Balaban J connectivity index is 1.68. The first-order valence-corrected chi connectivity index (χ1v) is 8.07. The SMILES string of the molecule is c1nc(N2CCCCC2Cn2cncn2)c2sccc2n1. The molecule has 1 aliphatic heterocycles. The van der Waals surface area contributed by atoms with Gasteiger partial charge in [0, 0.05) is 6.54 Å². The molecule has 108 valence electrons. The predicted molar refractivity (Wildman–Crippen MR) is 82.4 cm³/mol. The van der Waals surface area contributed by atoms with Crippen molar-refractivity contribution in [2.24, 2.45) is 0 Å². The average Bonchev–Trinajstić information content (AvgIpc) is 3.18. The first-order chi connectivity index (χ1) is 10.4. The molecule has 0 N–H and O–H groups in total. The van der Waals surface area contributed by atoms with E-state index in [1.807, 2.05) is 4.68 Å². The Kier molecular flexibility index (Phi) is 3.27. The number of hydrogen-bond donors (Lipinski definition) is 0. The minimum Gasteiger partial charge on any atom is -0.350 e. The molecule has 21 heavy (non-hydrogen) atoms. The molecule has 4 rings (SSSR count). The lowest BCUT2D eigenvalue weighted by Crippen LogP contribution is -2.42. The van der Waals surface area contributed by atoms with Crippen LogP contribution >= 0.6 is 11.3 Å². The van der Waals surface area contributed by atoms with Gasteiger partial charge in [0.15, 0.2) is 0 Å². The van der Waals surface area contributed by atoms with Crippen LogP contribution in [0.3, 0.4) is 0 Å². The maximum absolute atomic E-state index is 4.56. The Morgan fingerprint density at radius 1 is 1.24 bits per heavy atom. The van der Waals surface area contributed by atoms with Gasteiger partial charge in [0.1, 0.15) is 24.8 Å². The number of piperidine rings is 1. The van der Waals surface area contributed by atoms with Gasteiger partial charge in [0.2, 0.25) is 0 Å². The van der Waals surface area contributed by atoms with Crippen LogP contribution in [0.1, 0.15) is 19.3 Å². The second-order valence-corrected chi connectivity index (χ2v) is 6.21. The van der Waals surface area contributed by atoms with Crippen LogP contribution in [0, 0.1) is 0 Å². The molecule has 1 atom stereocenters. The van der Waals surface area contributed by atoms with E-state index in [-0.39, 0.29) is 0 Å². The van der Waals surface area contributed by atoms with Crippen LogP contribution in [0.5, 0.6) is 0 Å². The summed E-state index contributed by atoms with van der Waals surface area (Å²) in [4.78, 5) is 15.4. The van der Waals surface area contributed by atoms with Gasteiger partial charge >= 0.3 is 0 Å². The summed E-state index contributed by atoms with van der Waals surface area (Å²) in [7, 11) is 0. The van der Waals surface area contributed by atoms with Gasteiger partial charge in [-0.25, -0.2) is 15.0 Å². The van der Waals surface area contributed by atoms with Crippen LogP contribution in [0.15, 0.2) is 30.4 Å². The van der Waals surface area contributed by atoms with E-state index in [1.165, 1.54) is 17.5 Å². The minimum absolute atomic E-state index is 0.417. The Bertz CT molecular complexity index is 722. The van der Waals surface area contributed by atoms with Crippen LogP contribution in [0.2, 0.25) is 0 Å². The molecule has 3 aromatic rings. The summed E-state index contributed by atoms with van der Waals surface area (Å²) < 4.78 is 3.10.